The lowest BCUT2D eigenvalue weighted by Crippen LogP contribution is -2.13. The zero-order chi connectivity index (χ0) is 40.4. The zero-order valence-electron chi connectivity index (χ0n) is 33.3. The lowest BCUT2D eigenvalue weighted by atomic mass is 9.79. The third-order valence-electron chi connectivity index (χ3n) is 11.3. The van der Waals surface area contributed by atoms with Gasteiger partial charge in [-0.1, -0.05) is 160 Å². The first-order chi connectivity index (χ1) is 29.4. The van der Waals surface area contributed by atoms with Crippen LogP contribution in [0.2, 0.25) is 0 Å². The largest absolute Gasteiger partial charge is 0.435 e. The minimum Gasteiger partial charge on any atom is -0.435 e. The highest BCUT2D eigenvalue weighted by atomic mass is 32.1. The summed E-state index contributed by atoms with van der Waals surface area (Å²) in [5.41, 5.74) is 11.1. The SMILES string of the molecule is CC(C)(C)c1ccc2ccc3nc(-c4ccccc4)oc3c2c1-c1cccc(-c2ccc(-c3nc(-c4ccccc4)nc(-c4cccc5sc6ccccc6c45)n3)cc2)c1. The Morgan fingerprint density at radius 3 is 1.82 bits per heavy atom. The molecule has 0 atom stereocenters. The van der Waals surface area contributed by atoms with E-state index in [0.717, 1.165) is 60.8 Å². The maximum atomic E-state index is 6.65. The van der Waals surface area contributed by atoms with E-state index in [1.807, 2.05) is 48.5 Å². The molecule has 3 aromatic heterocycles. The molecule has 286 valence electrons. The molecule has 0 N–H and O–H groups in total. The fourth-order valence-corrected chi connectivity index (χ4v) is 9.53. The minimum atomic E-state index is -0.129. The third-order valence-corrected chi connectivity index (χ3v) is 12.4. The lowest BCUT2D eigenvalue weighted by Gasteiger charge is -2.25. The second kappa shape index (κ2) is 14.2. The lowest BCUT2D eigenvalue weighted by molar-refractivity contribution is 0.592. The van der Waals surface area contributed by atoms with Crippen LogP contribution >= 0.6 is 11.3 Å². The summed E-state index contributed by atoms with van der Waals surface area (Å²) in [4.78, 5) is 20.3. The first-order valence-corrected chi connectivity index (χ1v) is 21.0. The quantitative estimate of drug-likeness (QED) is 0.168. The molecule has 11 rings (SSSR count). The van der Waals surface area contributed by atoms with Gasteiger partial charge >= 0.3 is 0 Å². The predicted octanol–water partition coefficient (Wildman–Crippen LogP) is 14.8. The molecule has 0 saturated heterocycles. The summed E-state index contributed by atoms with van der Waals surface area (Å²) in [6, 6.07) is 61.4. The minimum absolute atomic E-state index is 0.129. The average molecular weight is 791 g/mol. The Bertz CT molecular complexity index is 3400. The van der Waals surface area contributed by atoms with Crippen molar-refractivity contribution in [2.45, 2.75) is 26.2 Å². The van der Waals surface area contributed by atoms with Crippen molar-refractivity contribution in [3.8, 4) is 67.9 Å². The summed E-state index contributed by atoms with van der Waals surface area (Å²) in [6.45, 7) is 6.82. The molecule has 0 saturated carbocycles. The standard InChI is InChI=1S/C54H38N4OS/c1-54(2,3)42-30-28-34-29-31-43-49(59-53(55-43)37-16-8-5-9-17-37)47(34)46(42)39-19-12-18-38(32-39)33-24-26-36(27-25-33)51-56-50(35-14-6-4-7-15-35)57-52(58-51)41-21-13-23-45-48(41)40-20-10-11-22-44(40)60-45/h4-32H,1-3H3. The van der Waals surface area contributed by atoms with Crippen molar-refractivity contribution in [2.24, 2.45) is 0 Å². The highest BCUT2D eigenvalue weighted by Gasteiger charge is 2.24. The molecule has 6 heteroatoms. The fourth-order valence-electron chi connectivity index (χ4n) is 8.39. The normalized spacial score (nSPS) is 11.9. The highest BCUT2D eigenvalue weighted by molar-refractivity contribution is 7.25. The molecule has 60 heavy (non-hydrogen) atoms. The van der Waals surface area contributed by atoms with Gasteiger partial charge in [-0.3, -0.25) is 0 Å². The van der Waals surface area contributed by atoms with Gasteiger partial charge in [0, 0.05) is 47.8 Å². The van der Waals surface area contributed by atoms with Crippen LogP contribution in [0.4, 0.5) is 0 Å². The molecule has 0 spiro atoms. The number of benzene rings is 8. The van der Waals surface area contributed by atoms with Crippen molar-refractivity contribution in [2.75, 3.05) is 0 Å². The maximum absolute atomic E-state index is 6.65. The molecule has 0 radical (unpaired) electrons. The topological polar surface area (TPSA) is 64.7 Å². The molecule has 0 fully saturated rings. The number of fused-ring (bicyclic) bond motifs is 6. The van der Waals surface area contributed by atoms with Crippen LogP contribution in [-0.4, -0.2) is 19.9 Å². The van der Waals surface area contributed by atoms with E-state index in [4.69, 9.17) is 24.4 Å². The molecule has 0 aliphatic rings. The van der Waals surface area contributed by atoms with Crippen LogP contribution in [0.5, 0.6) is 0 Å². The molecule has 0 aliphatic carbocycles. The number of rotatable bonds is 6. The molecule has 0 amide bonds. The second-order valence-corrected chi connectivity index (χ2v) is 17.3. The van der Waals surface area contributed by atoms with Crippen LogP contribution in [0.15, 0.2) is 180 Å². The summed E-state index contributed by atoms with van der Waals surface area (Å²) in [5, 5.41) is 4.58. The van der Waals surface area contributed by atoms with E-state index in [-0.39, 0.29) is 5.41 Å². The molecule has 3 heterocycles. The Morgan fingerprint density at radius 2 is 1.05 bits per heavy atom. The van der Waals surface area contributed by atoms with Gasteiger partial charge in [-0.15, -0.1) is 11.3 Å². The van der Waals surface area contributed by atoms with Gasteiger partial charge in [0.25, 0.3) is 0 Å². The number of aromatic nitrogens is 4. The molecule has 0 bridgehead atoms. The number of nitrogens with zero attached hydrogens (tertiary/aromatic N) is 4. The molecule has 0 unspecified atom stereocenters. The van der Waals surface area contributed by atoms with Crippen LogP contribution in [0.3, 0.4) is 0 Å². The average Bonchev–Trinajstić information content (AvgIpc) is 3.91. The summed E-state index contributed by atoms with van der Waals surface area (Å²) >= 11 is 1.79. The van der Waals surface area contributed by atoms with E-state index in [2.05, 4.69) is 148 Å². The Morgan fingerprint density at radius 1 is 0.450 bits per heavy atom. The van der Waals surface area contributed by atoms with Crippen LogP contribution < -0.4 is 0 Å². The molecule has 5 nitrogen and oxygen atoms in total. The molecular weight excluding hydrogens is 753 g/mol. The van der Waals surface area contributed by atoms with Crippen molar-refractivity contribution in [1.82, 2.24) is 19.9 Å². The van der Waals surface area contributed by atoms with Crippen LogP contribution in [0, 0.1) is 0 Å². The van der Waals surface area contributed by atoms with Crippen molar-refractivity contribution in [1.29, 1.82) is 0 Å². The summed E-state index contributed by atoms with van der Waals surface area (Å²) in [7, 11) is 0. The first kappa shape index (κ1) is 35.8. The van der Waals surface area contributed by atoms with E-state index in [1.165, 1.54) is 31.3 Å². The van der Waals surface area contributed by atoms with E-state index in [0.29, 0.717) is 23.4 Å². The molecule has 8 aromatic carbocycles. The van der Waals surface area contributed by atoms with E-state index in [1.54, 1.807) is 11.3 Å². The molecule has 0 aliphatic heterocycles. The smallest absolute Gasteiger partial charge is 0.227 e. The van der Waals surface area contributed by atoms with E-state index >= 15 is 0 Å². The van der Waals surface area contributed by atoms with Crippen LogP contribution in [-0.2, 0) is 5.41 Å². The second-order valence-electron chi connectivity index (χ2n) is 16.2. The Balaban J connectivity index is 1.02. The van der Waals surface area contributed by atoms with Gasteiger partial charge in [-0.2, -0.15) is 0 Å². The van der Waals surface area contributed by atoms with Crippen LogP contribution in [0.25, 0.3) is 110 Å². The fraction of sp³-hybridized carbons (Fsp3) is 0.0741. The van der Waals surface area contributed by atoms with Gasteiger partial charge in [0.15, 0.2) is 23.1 Å². The molecule has 11 aromatic rings. The highest BCUT2D eigenvalue weighted by Crippen LogP contribution is 2.44. The number of hydrogen-bond donors (Lipinski definition) is 0. The van der Waals surface area contributed by atoms with E-state index < -0.39 is 0 Å². The van der Waals surface area contributed by atoms with Gasteiger partial charge < -0.3 is 4.42 Å². The van der Waals surface area contributed by atoms with Gasteiger partial charge in [-0.25, -0.2) is 19.9 Å². The summed E-state index contributed by atoms with van der Waals surface area (Å²) < 4.78 is 9.11. The number of hydrogen-bond acceptors (Lipinski definition) is 6. The summed E-state index contributed by atoms with van der Waals surface area (Å²) in [5.74, 6) is 2.56. The monoisotopic (exact) mass is 790 g/mol. The van der Waals surface area contributed by atoms with Gasteiger partial charge in [0.1, 0.15) is 5.52 Å². The Hall–Kier alpha value is -7.28. The van der Waals surface area contributed by atoms with Crippen LogP contribution in [0.1, 0.15) is 26.3 Å². The number of thiophene rings is 1. The van der Waals surface area contributed by atoms with Crippen molar-refractivity contribution < 1.29 is 4.42 Å². The van der Waals surface area contributed by atoms with Gasteiger partial charge in [-0.05, 0) is 75.0 Å². The van der Waals surface area contributed by atoms with Crippen molar-refractivity contribution in [3.05, 3.63) is 181 Å². The maximum Gasteiger partial charge on any atom is 0.227 e. The Kier molecular flexibility index (Phi) is 8.50. The van der Waals surface area contributed by atoms with Crippen molar-refractivity contribution >= 4 is 53.4 Å². The first-order valence-electron chi connectivity index (χ1n) is 20.2. The Labute approximate surface area is 351 Å². The summed E-state index contributed by atoms with van der Waals surface area (Å²) in [6.07, 6.45) is 0. The van der Waals surface area contributed by atoms with Gasteiger partial charge in [0.2, 0.25) is 5.89 Å². The van der Waals surface area contributed by atoms with Crippen molar-refractivity contribution in [3.63, 3.8) is 0 Å². The van der Waals surface area contributed by atoms with E-state index in [9.17, 15) is 0 Å². The zero-order valence-corrected chi connectivity index (χ0v) is 34.2. The third kappa shape index (κ3) is 6.24. The molecular formula is C54H38N4OS. The number of oxazole rings is 1. The predicted molar refractivity (Wildman–Crippen MR) is 249 cm³/mol. The van der Waals surface area contributed by atoms with Gasteiger partial charge in [0.05, 0.1) is 0 Å².